The van der Waals surface area contributed by atoms with Crippen LogP contribution in [-0.2, 0) is 6.54 Å². The highest BCUT2D eigenvalue weighted by Crippen LogP contribution is 2.26. The Kier molecular flexibility index (Phi) is 6.28. The third kappa shape index (κ3) is 4.68. The highest BCUT2D eigenvalue weighted by Gasteiger charge is 2.27. The summed E-state index contributed by atoms with van der Waals surface area (Å²) >= 11 is 0. The van der Waals surface area contributed by atoms with Crippen molar-refractivity contribution in [1.82, 2.24) is 15.6 Å². The lowest BCUT2D eigenvalue weighted by molar-refractivity contribution is 0.576. The molecule has 3 rings (SSSR count). The number of aliphatic imine (C=N–C) groups is 1. The zero-order valence-corrected chi connectivity index (χ0v) is 16.4. The van der Waals surface area contributed by atoms with Gasteiger partial charge in [0.05, 0.1) is 12.2 Å². The summed E-state index contributed by atoms with van der Waals surface area (Å²) in [5, 5.41) is 6.57. The summed E-state index contributed by atoms with van der Waals surface area (Å²) in [4.78, 5) is 12.5. The standard InChI is InChI=1S/C20H26F2N6/c1-23-20(24-12-14-6-4-9-18(25-14)27(2)3)26-15-10-11-28(13-15)19-16(21)7-5-8-17(19)22/h4-9,15H,10-13H2,1-3H3,(H2,23,24,26). The van der Waals surface area contributed by atoms with E-state index in [4.69, 9.17) is 0 Å². The zero-order valence-electron chi connectivity index (χ0n) is 16.4. The molecule has 0 amide bonds. The van der Waals surface area contributed by atoms with Crippen LogP contribution in [0.2, 0.25) is 0 Å². The van der Waals surface area contributed by atoms with Crippen molar-refractivity contribution >= 4 is 17.5 Å². The molecule has 1 aromatic carbocycles. The van der Waals surface area contributed by atoms with Crippen LogP contribution in [0.4, 0.5) is 20.3 Å². The number of halogens is 2. The Morgan fingerprint density at radius 2 is 1.93 bits per heavy atom. The number of rotatable bonds is 5. The lowest BCUT2D eigenvalue weighted by atomic mass is 10.2. The lowest BCUT2D eigenvalue weighted by Crippen LogP contribution is -2.44. The SMILES string of the molecule is CN=C(NCc1cccc(N(C)C)n1)NC1CCN(c2c(F)cccc2F)C1. The molecule has 2 N–H and O–H groups in total. The predicted molar refractivity (Wildman–Crippen MR) is 109 cm³/mol. The highest BCUT2D eigenvalue weighted by molar-refractivity contribution is 5.80. The predicted octanol–water partition coefficient (Wildman–Crippen LogP) is 2.37. The van der Waals surface area contributed by atoms with Crippen LogP contribution in [0.15, 0.2) is 41.4 Å². The van der Waals surface area contributed by atoms with Crippen LogP contribution in [0.1, 0.15) is 12.1 Å². The molecule has 2 heterocycles. The van der Waals surface area contributed by atoms with Gasteiger partial charge in [0, 0.05) is 40.3 Å². The van der Waals surface area contributed by atoms with Gasteiger partial charge in [-0.2, -0.15) is 0 Å². The second kappa shape index (κ2) is 8.86. The summed E-state index contributed by atoms with van der Waals surface area (Å²) in [5.74, 6) is 0.462. The molecule has 1 fully saturated rings. The van der Waals surface area contributed by atoms with E-state index < -0.39 is 11.6 Å². The van der Waals surface area contributed by atoms with Gasteiger partial charge in [0.25, 0.3) is 0 Å². The fourth-order valence-electron chi connectivity index (χ4n) is 3.25. The van der Waals surface area contributed by atoms with E-state index >= 15 is 0 Å². The average molecular weight is 388 g/mol. The molecule has 8 heteroatoms. The molecular formula is C20H26F2N6. The van der Waals surface area contributed by atoms with Crippen LogP contribution in [0.3, 0.4) is 0 Å². The highest BCUT2D eigenvalue weighted by atomic mass is 19.1. The molecule has 0 saturated carbocycles. The molecule has 1 aliphatic heterocycles. The van der Waals surface area contributed by atoms with Gasteiger partial charge in [-0.3, -0.25) is 4.99 Å². The number of guanidine groups is 1. The van der Waals surface area contributed by atoms with Crippen LogP contribution in [0, 0.1) is 11.6 Å². The Morgan fingerprint density at radius 1 is 1.21 bits per heavy atom. The monoisotopic (exact) mass is 388 g/mol. The molecule has 2 aromatic rings. The first-order valence-electron chi connectivity index (χ1n) is 9.27. The second-order valence-electron chi connectivity index (χ2n) is 6.95. The first-order chi connectivity index (χ1) is 13.5. The van der Waals surface area contributed by atoms with E-state index in [1.54, 1.807) is 11.9 Å². The maximum absolute atomic E-state index is 14.0. The summed E-state index contributed by atoms with van der Waals surface area (Å²) in [7, 11) is 5.59. The molecule has 1 aromatic heterocycles. The second-order valence-corrected chi connectivity index (χ2v) is 6.95. The molecule has 0 bridgehead atoms. The number of pyridine rings is 1. The normalized spacial score (nSPS) is 17.0. The van der Waals surface area contributed by atoms with Gasteiger partial charge < -0.3 is 20.4 Å². The largest absolute Gasteiger partial charge is 0.365 e. The average Bonchev–Trinajstić information content (AvgIpc) is 3.13. The topological polar surface area (TPSA) is 55.8 Å². The Balaban J connectivity index is 1.57. The molecule has 0 radical (unpaired) electrons. The minimum atomic E-state index is -0.532. The molecule has 0 aliphatic carbocycles. The Hall–Kier alpha value is -2.90. The van der Waals surface area contributed by atoms with Gasteiger partial charge >= 0.3 is 0 Å². The molecule has 1 saturated heterocycles. The van der Waals surface area contributed by atoms with Crippen LogP contribution in [-0.4, -0.2) is 51.2 Å². The molecular weight excluding hydrogens is 362 g/mol. The summed E-state index contributed by atoms with van der Waals surface area (Å²) < 4.78 is 28.0. The van der Waals surface area contributed by atoms with Crippen molar-refractivity contribution < 1.29 is 8.78 Å². The van der Waals surface area contributed by atoms with E-state index in [-0.39, 0.29) is 11.7 Å². The first-order valence-corrected chi connectivity index (χ1v) is 9.27. The number of nitrogens with zero attached hydrogens (tertiary/aromatic N) is 4. The number of anilines is 2. The number of hydrogen-bond donors (Lipinski definition) is 2. The molecule has 1 atom stereocenters. The Labute approximate surface area is 164 Å². The van der Waals surface area contributed by atoms with Crippen molar-refractivity contribution in [3.63, 3.8) is 0 Å². The van der Waals surface area contributed by atoms with Gasteiger partial charge in [-0.05, 0) is 30.7 Å². The molecule has 6 nitrogen and oxygen atoms in total. The van der Waals surface area contributed by atoms with Gasteiger partial charge in [0.1, 0.15) is 23.1 Å². The van der Waals surface area contributed by atoms with Crippen molar-refractivity contribution in [2.45, 2.75) is 19.0 Å². The zero-order chi connectivity index (χ0) is 20.1. The first kappa shape index (κ1) is 19.9. The van der Waals surface area contributed by atoms with Crippen molar-refractivity contribution in [2.24, 2.45) is 4.99 Å². The van der Waals surface area contributed by atoms with Gasteiger partial charge in [0.2, 0.25) is 0 Å². The van der Waals surface area contributed by atoms with Gasteiger partial charge in [0.15, 0.2) is 5.96 Å². The van der Waals surface area contributed by atoms with Crippen LogP contribution >= 0.6 is 0 Å². The minimum Gasteiger partial charge on any atom is -0.365 e. The number of hydrogen-bond acceptors (Lipinski definition) is 4. The van der Waals surface area contributed by atoms with Crippen LogP contribution in [0.5, 0.6) is 0 Å². The van der Waals surface area contributed by atoms with Crippen LogP contribution in [0.25, 0.3) is 0 Å². The van der Waals surface area contributed by atoms with Crippen LogP contribution < -0.4 is 20.4 Å². The third-order valence-electron chi connectivity index (χ3n) is 4.69. The van der Waals surface area contributed by atoms with Crippen molar-refractivity contribution in [2.75, 3.05) is 44.0 Å². The third-order valence-corrected chi connectivity index (χ3v) is 4.69. The summed E-state index contributed by atoms with van der Waals surface area (Å²) in [6, 6.07) is 9.87. The maximum atomic E-state index is 14.0. The van der Waals surface area contributed by atoms with E-state index in [1.165, 1.54) is 18.2 Å². The summed E-state index contributed by atoms with van der Waals surface area (Å²) in [6.45, 7) is 1.62. The van der Waals surface area contributed by atoms with Crippen molar-refractivity contribution in [3.05, 3.63) is 53.7 Å². The smallest absolute Gasteiger partial charge is 0.191 e. The quantitative estimate of drug-likeness (QED) is 0.608. The number of para-hydroxylation sites is 1. The van der Waals surface area contributed by atoms with Gasteiger partial charge in [-0.1, -0.05) is 12.1 Å². The van der Waals surface area contributed by atoms with E-state index in [0.717, 1.165) is 17.9 Å². The maximum Gasteiger partial charge on any atom is 0.191 e. The van der Waals surface area contributed by atoms with Crippen molar-refractivity contribution in [1.29, 1.82) is 0 Å². The van der Waals surface area contributed by atoms with Crippen molar-refractivity contribution in [3.8, 4) is 0 Å². The Bertz CT molecular complexity index is 819. The van der Waals surface area contributed by atoms with E-state index in [9.17, 15) is 8.78 Å². The number of nitrogens with one attached hydrogen (secondary N) is 2. The van der Waals surface area contributed by atoms with E-state index in [0.29, 0.717) is 25.6 Å². The molecule has 28 heavy (non-hydrogen) atoms. The molecule has 150 valence electrons. The van der Waals surface area contributed by atoms with E-state index in [1.807, 2.05) is 37.2 Å². The van der Waals surface area contributed by atoms with Gasteiger partial charge in [-0.15, -0.1) is 0 Å². The Morgan fingerprint density at radius 3 is 2.61 bits per heavy atom. The lowest BCUT2D eigenvalue weighted by Gasteiger charge is -2.21. The molecule has 1 aliphatic rings. The van der Waals surface area contributed by atoms with Gasteiger partial charge in [-0.25, -0.2) is 13.8 Å². The number of aromatic nitrogens is 1. The fraction of sp³-hybridized carbons (Fsp3) is 0.400. The summed E-state index contributed by atoms with van der Waals surface area (Å²) in [5.41, 5.74) is 0.940. The minimum absolute atomic E-state index is 0.0412. The number of benzene rings is 1. The molecule has 1 unspecified atom stereocenters. The summed E-state index contributed by atoms with van der Waals surface area (Å²) in [6.07, 6.45) is 0.767. The van der Waals surface area contributed by atoms with E-state index in [2.05, 4.69) is 20.6 Å². The fourth-order valence-corrected chi connectivity index (χ4v) is 3.25. The molecule has 0 spiro atoms.